The molecular weight excluding hydrogens is 198 g/mol. The van der Waals surface area contributed by atoms with Crippen LogP contribution in [0.1, 0.15) is 30.5 Å². The molecule has 2 nitrogen and oxygen atoms in total. The third-order valence-electron chi connectivity index (χ3n) is 3.18. The van der Waals surface area contributed by atoms with Crippen molar-refractivity contribution in [3.8, 4) is 0 Å². The lowest BCUT2D eigenvalue weighted by atomic mass is 9.89. The smallest absolute Gasteiger partial charge is 0.0632 e. The fourth-order valence-corrected chi connectivity index (χ4v) is 2.46. The summed E-state index contributed by atoms with van der Waals surface area (Å²) in [4.78, 5) is 2.34. The fraction of sp³-hybridized carbons (Fsp3) is 0.571. The van der Waals surface area contributed by atoms with Gasteiger partial charge < -0.3 is 10.0 Å². The largest absolute Gasteiger partial charge is 0.390 e. The topological polar surface area (TPSA) is 23.5 Å². The molecule has 1 N–H and O–H groups in total. The van der Waals surface area contributed by atoms with Crippen molar-refractivity contribution in [1.29, 1.82) is 0 Å². The van der Waals surface area contributed by atoms with Crippen molar-refractivity contribution in [2.24, 2.45) is 0 Å². The molecule has 0 aliphatic carbocycles. The predicted octanol–water partition coefficient (Wildman–Crippen LogP) is 1.99. The number of benzene rings is 1. The maximum atomic E-state index is 9.91. The zero-order valence-corrected chi connectivity index (χ0v) is 10.5. The molecule has 1 heterocycles. The molecule has 0 spiro atoms. The first-order chi connectivity index (χ1) is 7.46. The van der Waals surface area contributed by atoms with E-state index in [4.69, 9.17) is 0 Å². The van der Waals surface area contributed by atoms with Gasteiger partial charge in [-0.2, -0.15) is 0 Å². The van der Waals surface area contributed by atoms with Gasteiger partial charge in [-0.25, -0.2) is 0 Å². The van der Waals surface area contributed by atoms with Gasteiger partial charge in [0.2, 0.25) is 0 Å². The highest BCUT2D eigenvalue weighted by Gasteiger charge is 2.20. The molecule has 88 valence electrons. The van der Waals surface area contributed by atoms with Crippen LogP contribution in [0.15, 0.2) is 18.2 Å². The van der Waals surface area contributed by atoms with Crippen LogP contribution in [0.2, 0.25) is 0 Å². The summed E-state index contributed by atoms with van der Waals surface area (Å²) in [6.07, 6.45) is 1.86. The summed E-state index contributed by atoms with van der Waals surface area (Å²) in [5, 5.41) is 9.91. The summed E-state index contributed by atoms with van der Waals surface area (Å²) in [6, 6.07) is 6.47. The van der Waals surface area contributed by atoms with E-state index in [9.17, 15) is 5.11 Å². The number of fused-ring (bicyclic) bond motifs is 1. The van der Waals surface area contributed by atoms with Crippen LogP contribution < -0.4 is 0 Å². The van der Waals surface area contributed by atoms with Crippen LogP contribution in [-0.2, 0) is 19.4 Å². The Morgan fingerprint density at radius 1 is 1.38 bits per heavy atom. The molecule has 1 aromatic rings. The van der Waals surface area contributed by atoms with Crippen LogP contribution in [0, 0.1) is 0 Å². The molecule has 0 aromatic heterocycles. The van der Waals surface area contributed by atoms with Crippen LogP contribution in [-0.4, -0.2) is 29.2 Å². The van der Waals surface area contributed by atoms with Gasteiger partial charge in [0.25, 0.3) is 0 Å². The molecule has 0 amide bonds. The average Bonchev–Trinajstić information content (AvgIpc) is 2.15. The van der Waals surface area contributed by atoms with Crippen molar-refractivity contribution < 1.29 is 5.11 Å². The summed E-state index contributed by atoms with van der Waals surface area (Å²) in [5.74, 6) is 0. The highest BCUT2D eigenvalue weighted by Crippen LogP contribution is 2.24. The average molecular weight is 219 g/mol. The summed E-state index contributed by atoms with van der Waals surface area (Å²) >= 11 is 0. The Hall–Kier alpha value is -0.860. The van der Waals surface area contributed by atoms with Gasteiger partial charge in [0, 0.05) is 19.5 Å². The molecule has 0 saturated carbocycles. The Kier molecular flexibility index (Phi) is 3.04. The molecule has 0 radical (unpaired) electrons. The highest BCUT2D eigenvalue weighted by atomic mass is 16.3. The van der Waals surface area contributed by atoms with E-state index in [1.807, 2.05) is 13.8 Å². The van der Waals surface area contributed by atoms with Crippen molar-refractivity contribution in [2.75, 3.05) is 13.6 Å². The molecule has 0 bridgehead atoms. The minimum atomic E-state index is -0.613. The Morgan fingerprint density at radius 3 is 2.81 bits per heavy atom. The molecule has 2 heteroatoms. The SMILES string of the molecule is CN1CCc2c(cccc2CC(C)(C)O)C1. The molecule has 2 rings (SSSR count). The van der Waals surface area contributed by atoms with Gasteiger partial charge in [0.15, 0.2) is 0 Å². The van der Waals surface area contributed by atoms with Gasteiger partial charge in [-0.05, 0) is 44.0 Å². The molecule has 1 aliphatic rings. The molecule has 0 fully saturated rings. The van der Waals surface area contributed by atoms with Crippen LogP contribution in [0.25, 0.3) is 0 Å². The Morgan fingerprint density at radius 2 is 2.12 bits per heavy atom. The number of aliphatic hydroxyl groups is 1. The van der Waals surface area contributed by atoms with Crippen LogP contribution in [0.3, 0.4) is 0 Å². The van der Waals surface area contributed by atoms with E-state index >= 15 is 0 Å². The lowest BCUT2D eigenvalue weighted by Crippen LogP contribution is -2.29. The van der Waals surface area contributed by atoms with E-state index < -0.39 is 5.60 Å². The summed E-state index contributed by atoms with van der Waals surface area (Å²) in [5.41, 5.74) is 3.59. The predicted molar refractivity (Wildman–Crippen MR) is 66.5 cm³/mol. The Labute approximate surface area is 97.9 Å². The normalized spacial score (nSPS) is 17.2. The van der Waals surface area contributed by atoms with Crippen molar-refractivity contribution in [1.82, 2.24) is 4.90 Å². The van der Waals surface area contributed by atoms with Crippen molar-refractivity contribution >= 4 is 0 Å². The molecule has 0 unspecified atom stereocenters. The second kappa shape index (κ2) is 4.19. The van der Waals surface area contributed by atoms with E-state index in [-0.39, 0.29) is 0 Å². The lowest BCUT2D eigenvalue weighted by molar-refractivity contribution is 0.0806. The molecule has 0 saturated heterocycles. The van der Waals surface area contributed by atoms with E-state index in [1.54, 1.807) is 0 Å². The highest BCUT2D eigenvalue weighted by molar-refractivity contribution is 5.37. The first kappa shape index (κ1) is 11.6. The quantitative estimate of drug-likeness (QED) is 0.822. The molecule has 16 heavy (non-hydrogen) atoms. The summed E-state index contributed by atoms with van der Waals surface area (Å²) in [6.45, 7) is 5.91. The molecule has 1 aromatic carbocycles. The molecule has 0 atom stereocenters. The first-order valence-electron chi connectivity index (χ1n) is 5.96. The zero-order chi connectivity index (χ0) is 11.8. The standard InChI is InChI=1S/C14H21NO/c1-14(2,16)9-11-5-4-6-12-10-15(3)8-7-13(11)12/h4-6,16H,7-10H2,1-3H3. The van der Waals surface area contributed by atoms with Crippen LogP contribution in [0.5, 0.6) is 0 Å². The van der Waals surface area contributed by atoms with E-state index in [1.165, 1.54) is 16.7 Å². The Bertz CT molecular complexity index is 379. The second-order valence-electron chi connectivity index (χ2n) is 5.53. The third kappa shape index (κ3) is 2.63. The minimum Gasteiger partial charge on any atom is -0.390 e. The maximum Gasteiger partial charge on any atom is 0.0632 e. The van der Waals surface area contributed by atoms with E-state index in [0.717, 1.165) is 25.9 Å². The first-order valence-corrected chi connectivity index (χ1v) is 5.96. The number of hydrogen-bond acceptors (Lipinski definition) is 2. The van der Waals surface area contributed by atoms with Gasteiger partial charge in [-0.3, -0.25) is 0 Å². The summed E-state index contributed by atoms with van der Waals surface area (Å²) < 4.78 is 0. The second-order valence-corrected chi connectivity index (χ2v) is 5.53. The van der Waals surface area contributed by atoms with Crippen LogP contribution >= 0.6 is 0 Å². The monoisotopic (exact) mass is 219 g/mol. The van der Waals surface area contributed by atoms with Gasteiger partial charge in [0.05, 0.1) is 5.60 Å². The Balaban J connectivity index is 2.30. The van der Waals surface area contributed by atoms with Crippen molar-refractivity contribution in [3.63, 3.8) is 0 Å². The molecule has 1 aliphatic heterocycles. The zero-order valence-electron chi connectivity index (χ0n) is 10.5. The number of hydrogen-bond donors (Lipinski definition) is 1. The molecular formula is C14H21NO. The number of rotatable bonds is 2. The lowest BCUT2D eigenvalue weighted by Gasteiger charge is -2.28. The van der Waals surface area contributed by atoms with Crippen molar-refractivity contribution in [2.45, 2.75) is 38.8 Å². The minimum absolute atomic E-state index is 0.613. The van der Waals surface area contributed by atoms with E-state index in [0.29, 0.717) is 0 Å². The van der Waals surface area contributed by atoms with E-state index in [2.05, 4.69) is 30.1 Å². The van der Waals surface area contributed by atoms with Gasteiger partial charge in [0.1, 0.15) is 0 Å². The third-order valence-corrected chi connectivity index (χ3v) is 3.18. The number of likely N-dealkylation sites (N-methyl/N-ethyl adjacent to an activating group) is 1. The maximum absolute atomic E-state index is 9.91. The van der Waals surface area contributed by atoms with Gasteiger partial charge in [-0.15, -0.1) is 0 Å². The number of nitrogens with zero attached hydrogens (tertiary/aromatic N) is 1. The van der Waals surface area contributed by atoms with Crippen LogP contribution in [0.4, 0.5) is 0 Å². The fourth-order valence-electron chi connectivity index (χ4n) is 2.46. The summed E-state index contributed by atoms with van der Waals surface area (Å²) in [7, 11) is 2.16. The van der Waals surface area contributed by atoms with Gasteiger partial charge >= 0.3 is 0 Å². The van der Waals surface area contributed by atoms with Crippen molar-refractivity contribution in [3.05, 3.63) is 34.9 Å². The van der Waals surface area contributed by atoms with Gasteiger partial charge in [-0.1, -0.05) is 18.2 Å².